The van der Waals surface area contributed by atoms with Gasteiger partial charge in [-0.05, 0) is 19.9 Å². The highest BCUT2D eigenvalue weighted by Gasteiger charge is 2.36. The van der Waals surface area contributed by atoms with Gasteiger partial charge < -0.3 is 19.7 Å². The molecule has 1 heterocycles. The maximum absolute atomic E-state index is 12.6. The monoisotopic (exact) mass is 286 g/mol. The Morgan fingerprint density at radius 1 is 1.40 bits per heavy atom. The van der Waals surface area contributed by atoms with Gasteiger partial charge in [-0.1, -0.05) is 13.8 Å². The summed E-state index contributed by atoms with van der Waals surface area (Å²) in [7, 11) is 1.82. The van der Waals surface area contributed by atoms with Crippen molar-refractivity contribution in [1.82, 2.24) is 10.2 Å². The number of hydrogen-bond acceptors (Lipinski definition) is 5. The van der Waals surface area contributed by atoms with Crippen molar-refractivity contribution in [1.29, 1.82) is 0 Å². The molecule has 1 saturated heterocycles. The largest absolute Gasteiger partial charge is 0.465 e. The molecule has 0 saturated carbocycles. The highest BCUT2D eigenvalue weighted by Crippen LogP contribution is 2.17. The number of nitrogens with one attached hydrogen (secondary N) is 1. The third-order valence-electron chi connectivity index (χ3n) is 3.29. The van der Waals surface area contributed by atoms with Crippen LogP contribution in [-0.4, -0.2) is 62.8 Å². The van der Waals surface area contributed by atoms with Gasteiger partial charge in [-0.3, -0.25) is 9.59 Å². The molecular weight excluding hydrogens is 260 g/mol. The smallest absolute Gasteiger partial charge is 0.325 e. The summed E-state index contributed by atoms with van der Waals surface area (Å²) in [5, 5.41) is 3.09. The Labute approximate surface area is 120 Å². The second-order valence-corrected chi connectivity index (χ2v) is 5.46. The molecule has 0 spiro atoms. The fraction of sp³-hybridized carbons (Fsp3) is 0.857. The van der Waals surface area contributed by atoms with Crippen LogP contribution >= 0.6 is 0 Å². The van der Waals surface area contributed by atoms with Crippen LogP contribution in [0.1, 0.15) is 20.8 Å². The molecule has 6 heteroatoms. The lowest BCUT2D eigenvalue weighted by atomic mass is 10.0. The minimum Gasteiger partial charge on any atom is -0.465 e. The maximum atomic E-state index is 12.6. The van der Waals surface area contributed by atoms with Crippen LogP contribution in [0.2, 0.25) is 0 Å². The van der Waals surface area contributed by atoms with Crippen molar-refractivity contribution in [3.63, 3.8) is 0 Å². The molecule has 2 atom stereocenters. The van der Waals surface area contributed by atoms with Gasteiger partial charge in [0.2, 0.25) is 5.91 Å². The number of nitrogens with zero attached hydrogens (tertiary/aromatic N) is 1. The van der Waals surface area contributed by atoms with Gasteiger partial charge in [-0.25, -0.2) is 0 Å². The zero-order valence-corrected chi connectivity index (χ0v) is 12.8. The number of carbonyl (C=O) groups is 2. The summed E-state index contributed by atoms with van der Waals surface area (Å²) in [6.45, 7) is 7.62. The number of likely N-dealkylation sites (N-methyl/N-ethyl adjacent to an activating group) is 1. The van der Waals surface area contributed by atoms with E-state index in [4.69, 9.17) is 9.47 Å². The van der Waals surface area contributed by atoms with Crippen LogP contribution in [-0.2, 0) is 19.1 Å². The second-order valence-electron chi connectivity index (χ2n) is 5.46. The summed E-state index contributed by atoms with van der Waals surface area (Å²) in [5.41, 5.74) is 0. The van der Waals surface area contributed by atoms with Crippen LogP contribution in [0.4, 0.5) is 0 Å². The van der Waals surface area contributed by atoms with Gasteiger partial charge in [0, 0.05) is 12.6 Å². The fourth-order valence-corrected chi connectivity index (χ4v) is 2.35. The molecule has 0 aromatic rings. The molecule has 116 valence electrons. The number of hydrogen-bond donors (Lipinski definition) is 1. The van der Waals surface area contributed by atoms with Gasteiger partial charge in [-0.15, -0.1) is 0 Å². The normalized spacial score (nSPS) is 22.1. The minimum atomic E-state index is -0.360. The first-order valence-electron chi connectivity index (χ1n) is 7.19. The lowest BCUT2D eigenvalue weighted by molar-refractivity contribution is -0.150. The zero-order chi connectivity index (χ0) is 15.1. The standard InChI is InChI=1S/C14H26N2O4/c1-5-20-13(17)7-16(6-10(2)3)14(18)11-8-19-9-12(11)15-4/h10-12,15H,5-9H2,1-4H3. The van der Waals surface area contributed by atoms with E-state index < -0.39 is 0 Å². The van der Waals surface area contributed by atoms with Gasteiger partial charge in [-0.2, -0.15) is 0 Å². The van der Waals surface area contributed by atoms with E-state index in [1.54, 1.807) is 11.8 Å². The molecule has 1 N–H and O–H groups in total. The van der Waals surface area contributed by atoms with Crippen molar-refractivity contribution in [3.8, 4) is 0 Å². The Morgan fingerprint density at radius 2 is 2.10 bits per heavy atom. The average Bonchev–Trinajstić information content (AvgIpc) is 2.85. The predicted octanol–water partition coefficient (Wildman–Crippen LogP) is 0.269. The Morgan fingerprint density at radius 3 is 2.65 bits per heavy atom. The molecule has 1 rings (SSSR count). The van der Waals surface area contributed by atoms with Crippen molar-refractivity contribution < 1.29 is 19.1 Å². The molecule has 0 aromatic heterocycles. The van der Waals surface area contributed by atoms with Gasteiger partial charge in [0.1, 0.15) is 6.54 Å². The van der Waals surface area contributed by atoms with Gasteiger partial charge in [0.25, 0.3) is 0 Å². The molecule has 6 nitrogen and oxygen atoms in total. The van der Waals surface area contributed by atoms with Crippen LogP contribution in [0, 0.1) is 11.8 Å². The third-order valence-corrected chi connectivity index (χ3v) is 3.29. The number of amides is 1. The topological polar surface area (TPSA) is 67.9 Å². The van der Waals surface area contributed by atoms with Crippen LogP contribution < -0.4 is 5.32 Å². The number of rotatable bonds is 7. The van der Waals surface area contributed by atoms with Crippen molar-refractivity contribution in [2.75, 3.05) is 40.0 Å². The van der Waals surface area contributed by atoms with Gasteiger partial charge >= 0.3 is 5.97 Å². The molecule has 1 aliphatic heterocycles. The first kappa shape index (κ1) is 16.9. The highest BCUT2D eigenvalue weighted by atomic mass is 16.5. The summed E-state index contributed by atoms with van der Waals surface area (Å²) < 4.78 is 10.3. The van der Waals surface area contributed by atoms with Crippen molar-refractivity contribution in [2.24, 2.45) is 11.8 Å². The quantitative estimate of drug-likeness (QED) is 0.680. The Hall–Kier alpha value is -1.14. The average molecular weight is 286 g/mol. The second kappa shape index (κ2) is 8.21. The maximum Gasteiger partial charge on any atom is 0.325 e. The van der Waals surface area contributed by atoms with Crippen molar-refractivity contribution in [3.05, 3.63) is 0 Å². The summed E-state index contributed by atoms with van der Waals surface area (Å²) in [5.74, 6) is -0.332. The van der Waals surface area contributed by atoms with Crippen LogP contribution in [0.3, 0.4) is 0 Å². The third kappa shape index (κ3) is 4.76. The molecule has 1 aliphatic rings. The molecule has 0 aromatic carbocycles. The lowest BCUT2D eigenvalue weighted by Gasteiger charge is -2.28. The highest BCUT2D eigenvalue weighted by molar-refractivity contribution is 5.84. The SMILES string of the molecule is CCOC(=O)CN(CC(C)C)C(=O)C1COCC1NC. The van der Waals surface area contributed by atoms with E-state index in [1.807, 2.05) is 20.9 Å². The van der Waals surface area contributed by atoms with Crippen molar-refractivity contribution >= 4 is 11.9 Å². The van der Waals surface area contributed by atoms with Crippen LogP contribution in [0.15, 0.2) is 0 Å². The summed E-state index contributed by atoms with van der Waals surface area (Å²) >= 11 is 0. The van der Waals surface area contributed by atoms with E-state index in [-0.39, 0.29) is 30.4 Å². The molecule has 20 heavy (non-hydrogen) atoms. The van der Waals surface area contributed by atoms with Gasteiger partial charge in [0.15, 0.2) is 0 Å². The van der Waals surface area contributed by atoms with E-state index in [9.17, 15) is 9.59 Å². The predicted molar refractivity (Wildman–Crippen MR) is 75.2 cm³/mol. The van der Waals surface area contributed by atoms with E-state index in [2.05, 4.69) is 5.32 Å². The summed E-state index contributed by atoms with van der Waals surface area (Å²) in [6.07, 6.45) is 0. The number of ether oxygens (including phenoxy) is 2. The fourth-order valence-electron chi connectivity index (χ4n) is 2.35. The Balaban J connectivity index is 2.70. The Kier molecular flexibility index (Phi) is 6.95. The van der Waals surface area contributed by atoms with E-state index in [1.165, 1.54) is 0 Å². The molecular formula is C14H26N2O4. The van der Waals surface area contributed by atoms with Crippen LogP contribution in [0.25, 0.3) is 0 Å². The minimum absolute atomic E-state index is 0.0117. The molecule has 0 aliphatic carbocycles. The van der Waals surface area contributed by atoms with Crippen LogP contribution in [0.5, 0.6) is 0 Å². The molecule has 1 amide bonds. The number of esters is 1. The Bertz CT molecular complexity index is 333. The summed E-state index contributed by atoms with van der Waals surface area (Å²) in [4.78, 5) is 25.8. The van der Waals surface area contributed by atoms with E-state index >= 15 is 0 Å². The lowest BCUT2D eigenvalue weighted by Crippen LogP contribution is -2.47. The number of carbonyl (C=O) groups excluding carboxylic acids is 2. The molecule has 0 bridgehead atoms. The molecule has 0 radical (unpaired) electrons. The van der Waals surface area contributed by atoms with E-state index in [0.717, 1.165) is 0 Å². The van der Waals surface area contributed by atoms with Gasteiger partial charge in [0.05, 0.1) is 25.7 Å². The first-order chi connectivity index (χ1) is 9.49. The molecule has 2 unspecified atom stereocenters. The van der Waals surface area contributed by atoms with E-state index in [0.29, 0.717) is 32.3 Å². The zero-order valence-electron chi connectivity index (χ0n) is 12.8. The first-order valence-corrected chi connectivity index (χ1v) is 7.19. The van der Waals surface area contributed by atoms with Crippen molar-refractivity contribution in [2.45, 2.75) is 26.8 Å². The summed E-state index contributed by atoms with van der Waals surface area (Å²) in [6, 6.07) is 0.0133. The molecule has 1 fully saturated rings.